The molecule has 3 nitrogen and oxygen atoms in total. The molecule has 4 heteroatoms. The molecule has 0 aliphatic rings. The van der Waals surface area contributed by atoms with Crippen molar-refractivity contribution >= 4 is 23.9 Å². The van der Waals surface area contributed by atoms with E-state index in [1.165, 1.54) is 8.92 Å². The van der Waals surface area contributed by atoms with E-state index in [0.29, 0.717) is 0 Å². The molecule has 0 aliphatic heterocycles. The summed E-state index contributed by atoms with van der Waals surface area (Å²) >= 11 is 0.184. The van der Waals surface area contributed by atoms with Crippen LogP contribution in [0.1, 0.15) is 0 Å². The van der Waals surface area contributed by atoms with Crippen LogP contribution in [0.5, 0.6) is 5.75 Å². The molecule has 0 bridgehead atoms. The zero-order chi connectivity index (χ0) is 17.8. The maximum absolute atomic E-state index is 5.31. The number of rotatable bonds is 5. The molecular formula is C22H18N2OSe. The molecule has 128 valence electrons. The number of hydrogen-bond acceptors (Lipinski definition) is 2. The average Bonchev–Trinajstić information content (AvgIpc) is 3.13. The molecule has 3 aromatic carbocycles. The molecule has 0 N–H and O–H groups in total. The molecule has 1 heterocycles. The van der Waals surface area contributed by atoms with E-state index in [0.717, 1.165) is 22.7 Å². The second kappa shape index (κ2) is 7.61. The number of para-hydroxylation sites is 1. The third-order valence-corrected chi connectivity index (χ3v) is 6.22. The van der Waals surface area contributed by atoms with Crippen molar-refractivity contribution in [3.8, 4) is 22.7 Å². The molecular weight excluding hydrogens is 387 g/mol. The van der Waals surface area contributed by atoms with Gasteiger partial charge in [-0.1, -0.05) is 0 Å². The predicted molar refractivity (Wildman–Crippen MR) is 107 cm³/mol. The molecule has 0 amide bonds. The van der Waals surface area contributed by atoms with Gasteiger partial charge in [0.25, 0.3) is 0 Å². The van der Waals surface area contributed by atoms with Gasteiger partial charge in [-0.25, -0.2) is 0 Å². The van der Waals surface area contributed by atoms with Crippen molar-refractivity contribution in [3.05, 3.63) is 91.1 Å². The van der Waals surface area contributed by atoms with Crippen LogP contribution in [0.25, 0.3) is 16.9 Å². The van der Waals surface area contributed by atoms with E-state index in [2.05, 4.69) is 54.6 Å². The molecule has 0 atom stereocenters. The number of ether oxygens (including phenoxy) is 1. The molecule has 0 radical (unpaired) electrons. The van der Waals surface area contributed by atoms with E-state index in [1.807, 2.05) is 41.2 Å². The summed E-state index contributed by atoms with van der Waals surface area (Å²) in [6, 6.07) is 29.0. The monoisotopic (exact) mass is 406 g/mol. The fourth-order valence-corrected chi connectivity index (χ4v) is 4.79. The van der Waals surface area contributed by atoms with Gasteiger partial charge in [0, 0.05) is 0 Å². The first kappa shape index (κ1) is 16.6. The normalized spacial score (nSPS) is 10.7. The fourth-order valence-electron chi connectivity index (χ4n) is 2.80. The van der Waals surface area contributed by atoms with Crippen LogP contribution >= 0.6 is 0 Å². The Bertz CT molecular complexity index is 980. The van der Waals surface area contributed by atoms with Crippen LogP contribution in [0.4, 0.5) is 0 Å². The van der Waals surface area contributed by atoms with Gasteiger partial charge in [0.15, 0.2) is 0 Å². The van der Waals surface area contributed by atoms with Gasteiger partial charge in [-0.05, 0) is 0 Å². The van der Waals surface area contributed by atoms with Crippen molar-refractivity contribution in [2.75, 3.05) is 7.11 Å². The molecule has 4 rings (SSSR count). The van der Waals surface area contributed by atoms with Crippen LogP contribution in [0.3, 0.4) is 0 Å². The van der Waals surface area contributed by atoms with Crippen molar-refractivity contribution in [2.45, 2.75) is 0 Å². The quantitative estimate of drug-likeness (QED) is 0.477. The van der Waals surface area contributed by atoms with E-state index in [9.17, 15) is 0 Å². The van der Waals surface area contributed by atoms with Gasteiger partial charge in [0.1, 0.15) is 0 Å². The van der Waals surface area contributed by atoms with Crippen molar-refractivity contribution < 1.29 is 4.74 Å². The molecule has 0 saturated heterocycles. The molecule has 0 fully saturated rings. The van der Waals surface area contributed by atoms with Gasteiger partial charge in [-0.2, -0.15) is 0 Å². The number of methoxy groups -OCH3 is 1. The summed E-state index contributed by atoms with van der Waals surface area (Å²) in [5.41, 5.74) is 3.34. The first-order valence-corrected chi connectivity index (χ1v) is 10.1. The predicted octanol–water partition coefficient (Wildman–Crippen LogP) is 3.20. The topological polar surface area (TPSA) is 27.1 Å². The molecule has 0 spiro atoms. The van der Waals surface area contributed by atoms with Crippen molar-refractivity contribution in [3.63, 3.8) is 0 Å². The van der Waals surface area contributed by atoms with Gasteiger partial charge >= 0.3 is 159 Å². The molecule has 0 unspecified atom stereocenters. The standard InChI is InChI=1S/C22H18N2OSe/c1-25-19-14-12-17(13-15-19)22-21(26-20-10-6-3-7-11-20)16-23-24(22)18-8-4-2-5-9-18/h2-16H,1H3. The van der Waals surface area contributed by atoms with Crippen LogP contribution in [-0.4, -0.2) is 31.8 Å². The first-order valence-electron chi connectivity index (χ1n) is 8.36. The second-order valence-corrected chi connectivity index (χ2v) is 8.09. The first-order chi connectivity index (χ1) is 12.8. The van der Waals surface area contributed by atoms with Crippen LogP contribution in [0.2, 0.25) is 0 Å². The van der Waals surface area contributed by atoms with Gasteiger partial charge in [-0.3, -0.25) is 0 Å². The number of benzene rings is 3. The Morgan fingerprint density at radius 1 is 0.808 bits per heavy atom. The van der Waals surface area contributed by atoms with Crippen molar-refractivity contribution in [2.24, 2.45) is 0 Å². The number of nitrogens with zero attached hydrogens (tertiary/aromatic N) is 2. The van der Waals surface area contributed by atoms with E-state index in [1.54, 1.807) is 7.11 Å². The van der Waals surface area contributed by atoms with Crippen LogP contribution in [-0.2, 0) is 0 Å². The zero-order valence-electron chi connectivity index (χ0n) is 14.4. The summed E-state index contributed by atoms with van der Waals surface area (Å²) in [5.74, 6) is 0.856. The summed E-state index contributed by atoms with van der Waals surface area (Å²) in [5, 5.41) is 4.70. The Hall–Kier alpha value is -2.81. The SMILES string of the molecule is COc1ccc(-c2c([Se]c3ccccc3)cnn2-c2ccccc2)cc1. The Morgan fingerprint density at radius 2 is 1.46 bits per heavy atom. The Balaban J connectivity index is 1.82. The molecule has 1 aromatic heterocycles. The Kier molecular flexibility index (Phi) is 4.87. The molecule has 4 aromatic rings. The van der Waals surface area contributed by atoms with Crippen molar-refractivity contribution in [1.82, 2.24) is 9.78 Å². The number of hydrogen-bond donors (Lipinski definition) is 0. The van der Waals surface area contributed by atoms with E-state index >= 15 is 0 Å². The Labute approximate surface area is 159 Å². The fraction of sp³-hybridized carbons (Fsp3) is 0.0455. The van der Waals surface area contributed by atoms with Gasteiger partial charge in [0.2, 0.25) is 0 Å². The summed E-state index contributed by atoms with van der Waals surface area (Å²) in [6.45, 7) is 0. The third kappa shape index (κ3) is 3.43. The number of aromatic nitrogens is 2. The summed E-state index contributed by atoms with van der Waals surface area (Å²) in [4.78, 5) is 0. The average molecular weight is 405 g/mol. The second-order valence-electron chi connectivity index (χ2n) is 5.75. The molecule has 0 aliphatic carbocycles. The molecule has 0 saturated carbocycles. The summed E-state index contributed by atoms with van der Waals surface area (Å²) in [7, 11) is 1.69. The minimum atomic E-state index is 0.184. The summed E-state index contributed by atoms with van der Waals surface area (Å²) < 4.78 is 9.94. The third-order valence-electron chi connectivity index (χ3n) is 4.07. The van der Waals surface area contributed by atoms with E-state index in [4.69, 9.17) is 9.84 Å². The Morgan fingerprint density at radius 3 is 2.12 bits per heavy atom. The maximum atomic E-state index is 5.31. The van der Waals surface area contributed by atoms with Crippen LogP contribution in [0.15, 0.2) is 91.1 Å². The van der Waals surface area contributed by atoms with Gasteiger partial charge in [0.05, 0.1) is 0 Å². The zero-order valence-corrected chi connectivity index (χ0v) is 16.1. The minimum absolute atomic E-state index is 0.184. The van der Waals surface area contributed by atoms with Crippen LogP contribution < -0.4 is 13.7 Å². The van der Waals surface area contributed by atoms with Crippen LogP contribution in [0, 0.1) is 0 Å². The van der Waals surface area contributed by atoms with E-state index in [-0.39, 0.29) is 15.0 Å². The van der Waals surface area contributed by atoms with Crippen molar-refractivity contribution in [1.29, 1.82) is 0 Å². The van der Waals surface area contributed by atoms with Gasteiger partial charge < -0.3 is 0 Å². The van der Waals surface area contributed by atoms with Gasteiger partial charge in [-0.15, -0.1) is 0 Å². The summed E-state index contributed by atoms with van der Waals surface area (Å²) in [6.07, 6.45) is 2.00. The molecule has 26 heavy (non-hydrogen) atoms. The van der Waals surface area contributed by atoms with E-state index < -0.39 is 0 Å².